The Kier molecular flexibility index (Phi) is 3.61. The van der Waals surface area contributed by atoms with Crippen molar-refractivity contribution in [3.8, 4) is 28.5 Å². The van der Waals surface area contributed by atoms with E-state index in [1.54, 1.807) is 18.2 Å². The number of H-pyrrole nitrogens is 1. The average Bonchev–Trinajstić information content (AvgIpc) is 3.04. The van der Waals surface area contributed by atoms with E-state index >= 15 is 0 Å². The molecule has 0 unspecified atom stereocenters. The van der Waals surface area contributed by atoms with Gasteiger partial charge in [0.05, 0.1) is 41.8 Å². The first-order valence-corrected chi connectivity index (χ1v) is 7.45. The van der Waals surface area contributed by atoms with Crippen molar-refractivity contribution in [1.29, 1.82) is 0 Å². The van der Waals surface area contributed by atoms with Gasteiger partial charge in [0.1, 0.15) is 17.5 Å². The van der Waals surface area contributed by atoms with Gasteiger partial charge >= 0.3 is 0 Å². The Balaban J connectivity index is 1.73. The van der Waals surface area contributed by atoms with E-state index in [0.717, 1.165) is 0 Å². The lowest BCUT2D eigenvalue weighted by Gasteiger charge is -2.05. The van der Waals surface area contributed by atoms with Crippen molar-refractivity contribution in [3.05, 3.63) is 60.4 Å². The third-order valence-corrected chi connectivity index (χ3v) is 3.80. The van der Waals surface area contributed by atoms with Gasteiger partial charge in [-0.3, -0.25) is 0 Å². The van der Waals surface area contributed by atoms with Crippen LogP contribution in [0.2, 0.25) is 0 Å². The van der Waals surface area contributed by atoms with Gasteiger partial charge in [-0.25, -0.2) is 23.7 Å². The number of benzene rings is 2. The summed E-state index contributed by atoms with van der Waals surface area (Å²) in [7, 11) is 1.50. The smallest absolute Gasteiger partial charge is 0.232 e. The van der Waals surface area contributed by atoms with Gasteiger partial charge in [0.2, 0.25) is 5.88 Å². The van der Waals surface area contributed by atoms with Crippen molar-refractivity contribution in [3.63, 3.8) is 0 Å². The SMILES string of the molecule is COc1cnc(-c2ccc(-c3nc4ccc(F)cc4[nH]3)c(F)c2)cn1. The molecule has 2 heterocycles. The van der Waals surface area contributed by atoms with Crippen LogP contribution in [-0.2, 0) is 0 Å². The molecule has 0 radical (unpaired) electrons. The van der Waals surface area contributed by atoms with Crippen molar-refractivity contribution in [2.45, 2.75) is 0 Å². The molecule has 0 aliphatic heterocycles. The summed E-state index contributed by atoms with van der Waals surface area (Å²) in [6.45, 7) is 0. The molecular formula is C18H12F2N4O. The van der Waals surface area contributed by atoms with Crippen molar-refractivity contribution in [2.24, 2.45) is 0 Å². The molecule has 5 nitrogen and oxygen atoms in total. The highest BCUT2D eigenvalue weighted by Gasteiger charge is 2.12. The van der Waals surface area contributed by atoms with Crippen LogP contribution >= 0.6 is 0 Å². The number of methoxy groups -OCH3 is 1. The molecule has 0 aliphatic carbocycles. The molecule has 1 N–H and O–H groups in total. The van der Waals surface area contributed by atoms with Crippen LogP contribution in [0.4, 0.5) is 8.78 Å². The minimum absolute atomic E-state index is 0.293. The zero-order chi connectivity index (χ0) is 17.4. The summed E-state index contributed by atoms with van der Waals surface area (Å²) in [5, 5.41) is 0. The second-order valence-electron chi connectivity index (χ2n) is 5.39. The summed E-state index contributed by atoms with van der Waals surface area (Å²) in [5.74, 6) is -0.118. The Morgan fingerprint density at radius 1 is 1.00 bits per heavy atom. The fraction of sp³-hybridized carbons (Fsp3) is 0.0556. The third-order valence-electron chi connectivity index (χ3n) is 3.80. The Morgan fingerprint density at radius 3 is 2.60 bits per heavy atom. The fourth-order valence-corrected chi connectivity index (χ4v) is 2.55. The number of nitrogens with zero attached hydrogens (tertiary/aromatic N) is 3. The minimum atomic E-state index is -0.463. The van der Waals surface area contributed by atoms with E-state index < -0.39 is 5.82 Å². The second kappa shape index (κ2) is 5.94. The highest BCUT2D eigenvalue weighted by atomic mass is 19.1. The number of imidazole rings is 1. The zero-order valence-corrected chi connectivity index (χ0v) is 13.1. The van der Waals surface area contributed by atoms with E-state index in [0.29, 0.717) is 39.6 Å². The number of aromatic amines is 1. The Bertz CT molecular complexity index is 1060. The largest absolute Gasteiger partial charge is 0.480 e. The van der Waals surface area contributed by atoms with E-state index in [1.807, 2.05) is 0 Å². The van der Waals surface area contributed by atoms with Crippen LogP contribution in [0.3, 0.4) is 0 Å². The first kappa shape index (κ1) is 15.2. The zero-order valence-electron chi connectivity index (χ0n) is 13.1. The average molecular weight is 338 g/mol. The first-order valence-electron chi connectivity index (χ1n) is 7.45. The van der Waals surface area contributed by atoms with Crippen molar-refractivity contribution < 1.29 is 13.5 Å². The van der Waals surface area contributed by atoms with Crippen molar-refractivity contribution >= 4 is 11.0 Å². The highest BCUT2D eigenvalue weighted by Crippen LogP contribution is 2.27. The predicted molar refractivity (Wildman–Crippen MR) is 89.0 cm³/mol. The van der Waals surface area contributed by atoms with Gasteiger partial charge in [0, 0.05) is 5.56 Å². The monoisotopic (exact) mass is 338 g/mol. The fourth-order valence-electron chi connectivity index (χ4n) is 2.55. The topological polar surface area (TPSA) is 63.7 Å². The van der Waals surface area contributed by atoms with E-state index in [4.69, 9.17) is 4.74 Å². The van der Waals surface area contributed by atoms with Gasteiger partial charge in [-0.1, -0.05) is 6.07 Å². The second-order valence-corrected chi connectivity index (χ2v) is 5.39. The molecule has 124 valence electrons. The van der Waals surface area contributed by atoms with Crippen LogP contribution in [0.1, 0.15) is 0 Å². The normalized spacial score (nSPS) is 11.0. The quantitative estimate of drug-likeness (QED) is 0.614. The van der Waals surface area contributed by atoms with Crippen LogP contribution in [-0.4, -0.2) is 27.0 Å². The van der Waals surface area contributed by atoms with Crippen molar-refractivity contribution in [2.75, 3.05) is 7.11 Å². The van der Waals surface area contributed by atoms with Gasteiger partial charge in [-0.15, -0.1) is 0 Å². The predicted octanol–water partition coefficient (Wildman–Crippen LogP) is 3.97. The van der Waals surface area contributed by atoms with Crippen LogP contribution in [0.15, 0.2) is 48.8 Å². The van der Waals surface area contributed by atoms with E-state index in [1.165, 1.54) is 37.7 Å². The molecule has 7 heteroatoms. The molecule has 0 spiro atoms. The summed E-state index contributed by atoms with van der Waals surface area (Å²) in [4.78, 5) is 15.5. The molecule has 25 heavy (non-hydrogen) atoms. The number of hydrogen-bond acceptors (Lipinski definition) is 4. The molecule has 0 saturated carbocycles. The Morgan fingerprint density at radius 2 is 1.88 bits per heavy atom. The molecule has 0 fully saturated rings. The number of nitrogens with one attached hydrogen (secondary N) is 1. The number of hydrogen-bond donors (Lipinski definition) is 1. The first-order chi connectivity index (χ1) is 12.1. The van der Waals surface area contributed by atoms with Crippen LogP contribution in [0.25, 0.3) is 33.7 Å². The molecule has 2 aromatic carbocycles. The molecule has 0 atom stereocenters. The lowest BCUT2D eigenvalue weighted by molar-refractivity contribution is 0.396. The maximum absolute atomic E-state index is 14.6. The van der Waals surface area contributed by atoms with Gasteiger partial charge in [-0.05, 0) is 30.3 Å². The third kappa shape index (κ3) is 2.80. The summed E-state index contributed by atoms with van der Waals surface area (Å²) in [5.41, 5.74) is 2.48. The number of halogens is 2. The molecular weight excluding hydrogens is 326 g/mol. The Labute approximate surface area is 141 Å². The molecule has 0 amide bonds. The molecule has 0 aliphatic rings. The van der Waals surface area contributed by atoms with E-state index in [2.05, 4.69) is 19.9 Å². The van der Waals surface area contributed by atoms with Crippen molar-refractivity contribution in [1.82, 2.24) is 19.9 Å². The maximum Gasteiger partial charge on any atom is 0.232 e. The van der Waals surface area contributed by atoms with Gasteiger partial charge in [0.25, 0.3) is 0 Å². The highest BCUT2D eigenvalue weighted by molar-refractivity contribution is 5.80. The lowest BCUT2D eigenvalue weighted by Crippen LogP contribution is -1.92. The minimum Gasteiger partial charge on any atom is -0.480 e. The van der Waals surface area contributed by atoms with E-state index in [9.17, 15) is 8.78 Å². The van der Waals surface area contributed by atoms with Crippen LogP contribution in [0.5, 0.6) is 5.88 Å². The lowest BCUT2D eigenvalue weighted by atomic mass is 10.1. The molecule has 2 aromatic heterocycles. The van der Waals surface area contributed by atoms with Gasteiger partial charge in [0.15, 0.2) is 0 Å². The number of fused-ring (bicyclic) bond motifs is 1. The summed E-state index contributed by atoms with van der Waals surface area (Å²) in [6.07, 6.45) is 2.98. The summed E-state index contributed by atoms with van der Waals surface area (Å²) in [6, 6.07) is 8.87. The molecule has 0 saturated heterocycles. The number of rotatable bonds is 3. The number of aromatic nitrogens is 4. The summed E-state index contributed by atoms with van der Waals surface area (Å²) < 4.78 is 32.8. The number of ether oxygens (including phenoxy) is 1. The van der Waals surface area contributed by atoms with Gasteiger partial charge < -0.3 is 9.72 Å². The standard InChI is InChI=1S/C18H12F2N4O/c1-25-17-9-21-16(8-22-17)10-2-4-12(13(20)6-10)18-23-14-5-3-11(19)7-15(14)24-18/h2-9H,1H3,(H,23,24). The van der Waals surface area contributed by atoms with Crippen LogP contribution < -0.4 is 4.74 Å². The summed E-state index contributed by atoms with van der Waals surface area (Å²) >= 11 is 0. The maximum atomic E-state index is 14.6. The molecule has 4 aromatic rings. The molecule has 0 bridgehead atoms. The van der Waals surface area contributed by atoms with Gasteiger partial charge in [-0.2, -0.15) is 0 Å². The van der Waals surface area contributed by atoms with Crippen LogP contribution in [0, 0.1) is 11.6 Å². The van der Waals surface area contributed by atoms with E-state index in [-0.39, 0.29) is 5.82 Å². The molecule has 4 rings (SSSR count). The Hall–Kier alpha value is -3.35.